The van der Waals surface area contributed by atoms with Crippen LogP contribution < -0.4 is 4.74 Å². The van der Waals surface area contributed by atoms with Gasteiger partial charge in [-0.1, -0.05) is 18.6 Å². The molecule has 3 aromatic rings. The molecule has 1 aromatic heterocycles. The van der Waals surface area contributed by atoms with Gasteiger partial charge in [-0.05, 0) is 55.5 Å². The lowest BCUT2D eigenvalue weighted by atomic mass is 9.86. The molecule has 1 heterocycles. The van der Waals surface area contributed by atoms with Crippen LogP contribution in [-0.4, -0.2) is 6.61 Å². The van der Waals surface area contributed by atoms with E-state index < -0.39 is 23.3 Å². The number of hydrogen-bond acceptors (Lipinski definition) is 2. The Balaban J connectivity index is 1.61. The molecule has 0 atom stereocenters. The predicted molar refractivity (Wildman–Crippen MR) is 103 cm³/mol. The Morgan fingerprint density at radius 1 is 0.821 bits per heavy atom. The van der Waals surface area contributed by atoms with Gasteiger partial charge in [0, 0.05) is 20.9 Å². The van der Waals surface area contributed by atoms with Gasteiger partial charge in [-0.15, -0.1) is 11.3 Å². The zero-order valence-electron chi connectivity index (χ0n) is 15.2. The molecule has 1 nitrogen and oxygen atoms in total. The largest absolute Gasteiger partial charge is 0.490 e. The monoisotopic (exact) mass is 406 g/mol. The molecule has 1 fully saturated rings. The minimum atomic E-state index is -1.03. The Labute approximate surface area is 164 Å². The van der Waals surface area contributed by atoms with Gasteiger partial charge in [0.15, 0.2) is 23.2 Å². The van der Waals surface area contributed by atoms with Gasteiger partial charge in [-0.2, -0.15) is 4.39 Å². The summed E-state index contributed by atoms with van der Waals surface area (Å²) in [6.07, 6.45) is 3.25. The molecule has 0 saturated heterocycles. The first kappa shape index (κ1) is 19.0. The zero-order valence-corrected chi connectivity index (χ0v) is 16.0. The van der Waals surface area contributed by atoms with Crippen molar-refractivity contribution in [2.75, 3.05) is 6.61 Å². The van der Waals surface area contributed by atoms with Crippen molar-refractivity contribution in [3.8, 4) is 26.6 Å². The highest BCUT2D eigenvalue weighted by Gasteiger charge is 2.22. The van der Waals surface area contributed by atoms with Crippen LogP contribution in [0.4, 0.5) is 17.6 Å². The molecule has 28 heavy (non-hydrogen) atoms. The van der Waals surface area contributed by atoms with Crippen LogP contribution in [0.25, 0.3) is 20.9 Å². The van der Waals surface area contributed by atoms with E-state index >= 15 is 0 Å². The summed E-state index contributed by atoms with van der Waals surface area (Å²) in [7, 11) is 0. The molecular formula is C22H18F4OS. The van der Waals surface area contributed by atoms with Crippen LogP contribution >= 0.6 is 11.3 Å². The van der Waals surface area contributed by atoms with E-state index in [9.17, 15) is 17.6 Å². The summed E-state index contributed by atoms with van der Waals surface area (Å²) in [6, 6.07) is 8.99. The fourth-order valence-electron chi connectivity index (χ4n) is 3.16. The van der Waals surface area contributed by atoms with Gasteiger partial charge >= 0.3 is 0 Å². The summed E-state index contributed by atoms with van der Waals surface area (Å²) in [5.41, 5.74) is 0.377. The van der Waals surface area contributed by atoms with Gasteiger partial charge in [0.1, 0.15) is 0 Å². The van der Waals surface area contributed by atoms with Crippen molar-refractivity contribution in [1.82, 2.24) is 0 Å². The lowest BCUT2D eigenvalue weighted by Gasteiger charge is -2.25. The topological polar surface area (TPSA) is 9.23 Å². The number of ether oxygens (including phenoxy) is 1. The summed E-state index contributed by atoms with van der Waals surface area (Å²) in [6.45, 7) is 1.87. The average Bonchev–Trinajstić information content (AvgIpc) is 3.11. The molecule has 0 radical (unpaired) electrons. The SMILES string of the molecule is Cc1ccc(-c2ccc(-c3ccc(OCC4CCC4)c(F)c3F)s2)c(F)c1F. The molecule has 2 aromatic carbocycles. The molecule has 1 aliphatic carbocycles. The second-order valence-corrected chi connectivity index (χ2v) is 8.15. The normalized spacial score (nSPS) is 14.2. The zero-order chi connectivity index (χ0) is 19.8. The summed E-state index contributed by atoms with van der Waals surface area (Å²) in [4.78, 5) is 0.869. The van der Waals surface area contributed by atoms with E-state index in [1.54, 1.807) is 12.1 Å². The molecule has 6 heteroatoms. The molecule has 1 aliphatic rings. The number of hydrogen-bond donors (Lipinski definition) is 0. The van der Waals surface area contributed by atoms with Crippen molar-refractivity contribution >= 4 is 11.3 Å². The van der Waals surface area contributed by atoms with Crippen LogP contribution in [0.2, 0.25) is 0 Å². The first-order valence-corrected chi connectivity index (χ1v) is 9.93. The summed E-state index contributed by atoms with van der Waals surface area (Å²) in [5.74, 6) is -3.57. The molecule has 0 spiro atoms. The maximum absolute atomic E-state index is 14.6. The molecule has 1 saturated carbocycles. The molecule has 0 amide bonds. The van der Waals surface area contributed by atoms with E-state index in [4.69, 9.17) is 4.74 Å². The second kappa shape index (κ2) is 7.59. The number of rotatable bonds is 5. The Hall–Kier alpha value is -2.34. The fraction of sp³-hybridized carbons (Fsp3) is 0.273. The van der Waals surface area contributed by atoms with Crippen molar-refractivity contribution < 1.29 is 22.3 Å². The van der Waals surface area contributed by atoms with Crippen LogP contribution in [0.1, 0.15) is 24.8 Å². The molecular weight excluding hydrogens is 388 g/mol. The summed E-state index contributed by atoms with van der Waals surface area (Å²) in [5, 5.41) is 0. The van der Waals surface area contributed by atoms with E-state index in [1.165, 1.54) is 31.2 Å². The van der Waals surface area contributed by atoms with Crippen molar-refractivity contribution in [2.45, 2.75) is 26.2 Å². The van der Waals surface area contributed by atoms with Crippen LogP contribution in [0, 0.1) is 36.1 Å². The Morgan fingerprint density at radius 3 is 2.04 bits per heavy atom. The molecule has 0 bridgehead atoms. The molecule has 4 rings (SSSR count). The van der Waals surface area contributed by atoms with Gasteiger partial charge in [0.2, 0.25) is 5.82 Å². The first-order valence-electron chi connectivity index (χ1n) is 9.11. The molecule has 146 valence electrons. The van der Waals surface area contributed by atoms with Gasteiger partial charge in [-0.25, -0.2) is 13.2 Å². The van der Waals surface area contributed by atoms with Crippen molar-refractivity contribution in [3.63, 3.8) is 0 Å². The quantitative estimate of drug-likeness (QED) is 0.410. The Kier molecular flexibility index (Phi) is 5.15. The standard InChI is InChI=1S/C22H18F4OS/c1-12-5-6-14(20(24)19(12)23)17-9-10-18(28-17)15-7-8-16(22(26)21(15)25)27-11-13-3-2-4-13/h5-10,13H,2-4,11H2,1H3. The van der Waals surface area contributed by atoms with E-state index in [1.807, 2.05) is 0 Å². The smallest absolute Gasteiger partial charge is 0.201 e. The van der Waals surface area contributed by atoms with Crippen LogP contribution in [0.15, 0.2) is 36.4 Å². The number of thiophene rings is 1. The van der Waals surface area contributed by atoms with E-state index in [2.05, 4.69) is 0 Å². The van der Waals surface area contributed by atoms with Gasteiger partial charge in [0.05, 0.1) is 6.61 Å². The molecule has 0 unspecified atom stereocenters. The number of aryl methyl sites for hydroxylation is 1. The lowest BCUT2D eigenvalue weighted by Crippen LogP contribution is -2.19. The van der Waals surface area contributed by atoms with Crippen LogP contribution in [0.3, 0.4) is 0 Å². The summed E-state index contributed by atoms with van der Waals surface area (Å²) >= 11 is 1.07. The maximum atomic E-state index is 14.6. The fourth-order valence-corrected chi connectivity index (χ4v) is 4.21. The van der Waals surface area contributed by atoms with Crippen LogP contribution in [-0.2, 0) is 0 Å². The molecule has 0 N–H and O–H groups in total. The van der Waals surface area contributed by atoms with Crippen molar-refractivity contribution in [3.05, 3.63) is 65.2 Å². The maximum Gasteiger partial charge on any atom is 0.201 e. The highest BCUT2D eigenvalue weighted by molar-refractivity contribution is 7.18. The van der Waals surface area contributed by atoms with Gasteiger partial charge in [-0.3, -0.25) is 0 Å². The minimum Gasteiger partial charge on any atom is -0.490 e. The lowest BCUT2D eigenvalue weighted by molar-refractivity contribution is 0.174. The van der Waals surface area contributed by atoms with E-state index in [0.717, 1.165) is 30.6 Å². The predicted octanol–water partition coefficient (Wildman–Crippen LogP) is 7.13. The highest BCUT2D eigenvalue weighted by atomic mass is 32.1. The van der Waals surface area contributed by atoms with Crippen molar-refractivity contribution in [2.24, 2.45) is 5.92 Å². The Morgan fingerprint density at radius 2 is 1.43 bits per heavy atom. The number of halogens is 4. The molecule has 0 aliphatic heterocycles. The highest BCUT2D eigenvalue weighted by Crippen LogP contribution is 2.39. The van der Waals surface area contributed by atoms with Crippen LogP contribution in [0.5, 0.6) is 5.75 Å². The Bertz CT molecular complexity index is 1020. The van der Waals surface area contributed by atoms with E-state index in [0.29, 0.717) is 22.3 Å². The minimum absolute atomic E-state index is 0.0673. The van der Waals surface area contributed by atoms with Gasteiger partial charge < -0.3 is 4.74 Å². The van der Waals surface area contributed by atoms with Crippen molar-refractivity contribution in [1.29, 1.82) is 0 Å². The summed E-state index contributed by atoms with van der Waals surface area (Å²) < 4.78 is 62.5. The first-order chi connectivity index (χ1) is 13.5. The average molecular weight is 406 g/mol. The van der Waals surface area contributed by atoms with Gasteiger partial charge in [0.25, 0.3) is 0 Å². The van der Waals surface area contributed by atoms with E-state index in [-0.39, 0.29) is 22.4 Å². The third-order valence-corrected chi connectivity index (χ3v) is 6.31. The number of benzene rings is 2. The second-order valence-electron chi connectivity index (χ2n) is 7.07. The third kappa shape index (κ3) is 3.41. The third-order valence-electron chi connectivity index (χ3n) is 5.16.